The maximum atomic E-state index is 12.3. The second-order valence-corrected chi connectivity index (χ2v) is 6.06. The summed E-state index contributed by atoms with van der Waals surface area (Å²) in [6.07, 6.45) is 2.92. The van der Waals surface area contributed by atoms with Crippen LogP contribution in [-0.4, -0.2) is 41.4 Å². The predicted octanol–water partition coefficient (Wildman–Crippen LogP) is 3.00. The first-order valence-corrected chi connectivity index (χ1v) is 7.57. The van der Waals surface area contributed by atoms with Crippen molar-refractivity contribution in [3.8, 4) is 0 Å². The van der Waals surface area contributed by atoms with E-state index in [9.17, 15) is 9.59 Å². The van der Waals surface area contributed by atoms with E-state index in [1.807, 2.05) is 6.92 Å². The summed E-state index contributed by atoms with van der Waals surface area (Å²) in [5.74, 6) is -0.256. The Labute approximate surface area is 125 Å². The van der Waals surface area contributed by atoms with Gasteiger partial charge in [-0.15, -0.1) is 0 Å². The van der Waals surface area contributed by atoms with Crippen LogP contribution in [0.5, 0.6) is 0 Å². The van der Waals surface area contributed by atoms with E-state index < -0.39 is 5.97 Å². The van der Waals surface area contributed by atoms with Gasteiger partial charge in [-0.3, -0.25) is 4.79 Å². The molecule has 1 aromatic rings. The molecule has 1 heterocycles. The van der Waals surface area contributed by atoms with E-state index in [4.69, 9.17) is 5.11 Å². The molecule has 1 atom stereocenters. The Bertz CT molecular complexity index is 539. The van der Waals surface area contributed by atoms with Gasteiger partial charge in [-0.25, -0.2) is 4.79 Å². The van der Waals surface area contributed by atoms with Crippen LogP contribution < -0.4 is 0 Å². The van der Waals surface area contributed by atoms with Crippen molar-refractivity contribution in [3.63, 3.8) is 0 Å². The van der Waals surface area contributed by atoms with Crippen LogP contribution in [0.3, 0.4) is 0 Å². The highest BCUT2D eigenvalue weighted by molar-refractivity contribution is 6.00. The summed E-state index contributed by atoms with van der Waals surface area (Å²) in [6, 6.07) is 4.75. The maximum Gasteiger partial charge on any atom is 0.335 e. The van der Waals surface area contributed by atoms with Gasteiger partial charge in [-0.1, -0.05) is 13.0 Å². The van der Waals surface area contributed by atoms with Crippen LogP contribution in [0.1, 0.15) is 52.5 Å². The normalized spacial score (nSPS) is 19.4. The van der Waals surface area contributed by atoms with E-state index in [0.29, 0.717) is 17.9 Å². The molecule has 114 valence electrons. The Morgan fingerprint density at radius 1 is 1.38 bits per heavy atom. The molecule has 4 heteroatoms. The standard InChI is InChI=1S/C17H23NO3/c1-12-4-3-8-18(11-12)9-7-16(19)15-10-14(17(20)21)6-5-13(15)2/h5-6,10,12H,3-4,7-9,11H2,1-2H3,(H,20,21). The highest BCUT2D eigenvalue weighted by Gasteiger charge is 2.18. The Kier molecular flexibility index (Phi) is 5.12. The summed E-state index contributed by atoms with van der Waals surface area (Å²) in [5.41, 5.74) is 1.56. The van der Waals surface area contributed by atoms with Crippen molar-refractivity contribution in [2.24, 2.45) is 5.92 Å². The molecular formula is C17H23NO3. The van der Waals surface area contributed by atoms with Crippen LogP contribution >= 0.6 is 0 Å². The van der Waals surface area contributed by atoms with Gasteiger partial charge >= 0.3 is 5.97 Å². The number of hydrogen-bond acceptors (Lipinski definition) is 3. The molecule has 0 amide bonds. The third-order valence-corrected chi connectivity index (χ3v) is 4.18. The zero-order valence-electron chi connectivity index (χ0n) is 12.8. The lowest BCUT2D eigenvalue weighted by Crippen LogP contribution is -2.35. The number of rotatable bonds is 5. The van der Waals surface area contributed by atoms with E-state index in [1.165, 1.54) is 18.9 Å². The molecule has 0 aromatic heterocycles. The number of benzene rings is 1. The van der Waals surface area contributed by atoms with E-state index in [2.05, 4.69) is 11.8 Å². The second kappa shape index (κ2) is 6.85. The quantitative estimate of drug-likeness (QED) is 0.847. The van der Waals surface area contributed by atoms with Crippen LogP contribution in [0, 0.1) is 12.8 Å². The van der Waals surface area contributed by atoms with Gasteiger partial charge in [0, 0.05) is 25.1 Å². The molecule has 0 radical (unpaired) electrons. The molecule has 0 aliphatic carbocycles. The third-order valence-electron chi connectivity index (χ3n) is 4.18. The van der Waals surface area contributed by atoms with Crippen molar-refractivity contribution in [1.82, 2.24) is 4.90 Å². The van der Waals surface area contributed by atoms with Gasteiger partial charge < -0.3 is 10.0 Å². The topological polar surface area (TPSA) is 57.6 Å². The monoisotopic (exact) mass is 289 g/mol. The molecule has 1 saturated heterocycles. The molecule has 0 saturated carbocycles. The minimum absolute atomic E-state index is 0.0360. The number of hydrogen-bond donors (Lipinski definition) is 1. The van der Waals surface area contributed by atoms with E-state index in [1.54, 1.807) is 12.1 Å². The van der Waals surface area contributed by atoms with Gasteiger partial charge in [0.15, 0.2) is 5.78 Å². The largest absolute Gasteiger partial charge is 0.478 e. The maximum absolute atomic E-state index is 12.3. The lowest BCUT2D eigenvalue weighted by atomic mass is 9.98. The number of carbonyl (C=O) groups excluding carboxylic acids is 1. The van der Waals surface area contributed by atoms with Gasteiger partial charge in [0.25, 0.3) is 0 Å². The summed E-state index contributed by atoms with van der Waals surface area (Å²) in [4.78, 5) is 25.7. The molecule has 1 N–H and O–H groups in total. The molecule has 0 bridgehead atoms. The molecular weight excluding hydrogens is 266 g/mol. The molecule has 1 aromatic carbocycles. The Morgan fingerprint density at radius 3 is 2.81 bits per heavy atom. The lowest BCUT2D eigenvalue weighted by Gasteiger charge is -2.30. The number of carboxylic acid groups (broad SMARTS) is 1. The third kappa shape index (κ3) is 4.14. The smallest absolute Gasteiger partial charge is 0.335 e. The van der Waals surface area contributed by atoms with Crippen LogP contribution in [0.2, 0.25) is 0 Å². The fourth-order valence-corrected chi connectivity index (χ4v) is 2.94. The number of aryl methyl sites for hydroxylation is 1. The minimum Gasteiger partial charge on any atom is -0.478 e. The Hall–Kier alpha value is -1.68. The number of nitrogens with zero attached hydrogens (tertiary/aromatic N) is 1. The molecule has 0 spiro atoms. The van der Waals surface area contributed by atoms with E-state index in [0.717, 1.165) is 25.2 Å². The number of ketones is 1. The van der Waals surface area contributed by atoms with Gasteiger partial charge in [-0.05, 0) is 49.9 Å². The summed E-state index contributed by atoms with van der Waals surface area (Å²) in [5, 5.41) is 9.03. The van der Waals surface area contributed by atoms with Crippen molar-refractivity contribution in [3.05, 3.63) is 34.9 Å². The summed E-state index contributed by atoms with van der Waals surface area (Å²) >= 11 is 0. The molecule has 1 fully saturated rings. The van der Waals surface area contributed by atoms with Crippen molar-refractivity contribution in [2.45, 2.75) is 33.1 Å². The van der Waals surface area contributed by atoms with Crippen LogP contribution in [0.15, 0.2) is 18.2 Å². The summed E-state index contributed by atoms with van der Waals surface area (Å²) in [6.45, 7) is 6.98. The summed E-state index contributed by atoms with van der Waals surface area (Å²) < 4.78 is 0. The Balaban J connectivity index is 1.99. The fraction of sp³-hybridized carbons (Fsp3) is 0.529. The second-order valence-electron chi connectivity index (χ2n) is 6.06. The molecule has 4 nitrogen and oxygen atoms in total. The van der Waals surface area contributed by atoms with Crippen molar-refractivity contribution in [2.75, 3.05) is 19.6 Å². The van der Waals surface area contributed by atoms with Crippen LogP contribution in [0.25, 0.3) is 0 Å². The van der Waals surface area contributed by atoms with Gasteiger partial charge in [0.05, 0.1) is 5.56 Å². The SMILES string of the molecule is Cc1ccc(C(=O)O)cc1C(=O)CCN1CCCC(C)C1. The molecule has 21 heavy (non-hydrogen) atoms. The van der Waals surface area contributed by atoms with Gasteiger partial charge in [-0.2, -0.15) is 0 Å². The van der Waals surface area contributed by atoms with Crippen molar-refractivity contribution in [1.29, 1.82) is 0 Å². The number of carboxylic acids is 1. The zero-order chi connectivity index (χ0) is 15.4. The molecule has 1 aliphatic rings. The first-order chi connectivity index (χ1) is 9.97. The molecule has 1 aliphatic heterocycles. The number of carbonyl (C=O) groups is 2. The zero-order valence-corrected chi connectivity index (χ0v) is 12.8. The average Bonchev–Trinajstić information content (AvgIpc) is 2.45. The summed E-state index contributed by atoms with van der Waals surface area (Å²) in [7, 11) is 0. The molecule has 1 unspecified atom stereocenters. The van der Waals surface area contributed by atoms with Crippen molar-refractivity contribution >= 4 is 11.8 Å². The van der Waals surface area contributed by atoms with Crippen molar-refractivity contribution < 1.29 is 14.7 Å². The minimum atomic E-state index is -0.992. The first-order valence-electron chi connectivity index (χ1n) is 7.57. The van der Waals surface area contributed by atoms with E-state index >= 15 is 0 Å². The van der Waals surface area contributed by atoms with Gasteiger partial charge in [0.1, 0.15) is 0 Å². The lowest BCUT2D eigenvalue weighted by molar-refractivity contribution is 0.0697. The number of likely N-dealkylation sites (tertiary alicyclic amines) is 1. The highest BCUT2D eigenvalue weighted by atomic mass is 16.4. The highest BCUT2D eigenvalue weighted by Crippen LogP contribution is 2.17. The number of Topliss-reactive ketones (excluding diaryl/α,β-unsaturated/α-hetero) is 1. The van der Waals surface area contributed by atoms with E-state index in [-0.39, 0.29) is 11.3 Å². The fourth-order valence-electron chi connectivity index (χ4n) is 2.94. The van der Waals surface area contributed by atoms with Crippen LogP contribution in [-0.2, 0) is 0 Å². The molecule has 2 rings (SSSR count). The number of aromatic carboxylic acids is 1. The average molecular weight is 289 g/mol. The predicted molar refractivity (Wildman–Crippen MR) is 81.9 cm³/mol. The first kappa shape index (κ1) is 15.7. The Morgan fingerprint density at radius 2 is 2.14 bits per heavy atom. The number of piperidine rings is 1. The van der Waals surface area contributed by atoms with Crippen LogP contribution in [0.4, 0.5) is 0 Å². The van der Waals surface area contributed by atoms with Gasteiger partial charge in [0.2, 0.25) is 0 Å².